The summed E-state index contributed by atoms with van der Waals surface area (Å²) in [6.07, 6.45) is -3.43. The van der Waals surface area contributed by atoms with Gasteiger partial charge >= 0.3 is 6.11 Å². The van der Waals surface area contributed by atoms with Gasteiger partial charge in [0.25, 0.3) is 0 Å². The van der Waals surface area contributed by atoms with E-state index >= 15 is 8.78 Å². The van der Waals surface area contributed by atoms with Crippen molar-refractivity contribution in [2.24, 2.45) is 0 Å². The molecule has 0 bridgehead atoms. The van der Waals surface area contributed by atoms with Crippen molar-refractivity contribution in [1.29, 1.82) is 0 Å². The molecule has 3 aromatic rings. The molecule has 158 valence electrons. The average Bonchev–Trinajstić information content (AvgIpc) is 2.57. The van der Waals surface area contributed by atoms with Crippen molar-refractivity contribution >= 4 is 136 Å². The number of rotatable bonds is 4. The Balaban J connectivity index is 2.02. The molecule has 3 rings (SSSR count). The number of halogens is 8. The van der Waals surface area contributed by atoms with Crippen LogP contribution in [0.5, 0.6) is 5.75 Å². The van der Waals surface area contributed by atoms with Crippen molar-refractivity contribution < 1.29 is 13.5 Å². The first-order chi connectivity index (χ1) is 13.9. The van der Waals surface area contributed by atoms with Crippen LogP contribution in [0.1, 0.15) is 16.7 Å². The fourth-order valence-electron chi connectivity index (χ4n) is 2.85. The van der Waals surface area contributed by atoms with Crippen LogP contribution in [0, 0.1) is 35.3 Å². The summed E-state index contributed by atoms with van der Waals surface area (Å²) >= 11 is 12.9. The Kier molecular flexibility index (Phi) is 9.24. The molecule has 0 aliphatic heterocycles. The first-order valence-corrected chi connectivity index (χ1v) is 14.9. The molecule has 0 saturated heterocycles. The maximum atomic E-state index is 15.1. The van der Waals surface area contributed by atoms with E-state index < -0.39 is 6.11 Å². The van der Waals surface area contributed by atoms with Gasteiger partial charge in [-0.2, -0.15) is 8.78 Å². The predicted octanol–water partition coefficient (Wildman–Crippen LogP) is 9.73. The third-order valence-electron chi connectivity index (χ3n) is 4.31. The lowest BCUT2D eigenvalue weighted by atomic mass is 10.0. The van der Waals surface area contributed by atoms with Gasteiger partial charge in [0.2, 0.25) is 0 Å². The molecule has 0 aliphatic carbocycles. The van der Waals surface area contributed by atoms with Gasteiger partial charge in [0.05, 0.1) is 5.56 Å². The molecule has 0 atom stereocenters. The minimum atomic E-state index is -3.43. The number of ether oxygens (including phenoxy) is 1. The minimum absolute atomic E-state index is 0.0916. The standard InChI is InChI=1S/C21H12F2I6O/c1-9-3-17(28)20(18(29)4-9)21(22,23)30-12-7-15(26)19(16(27)8-12)11-5-13(24)10(2)14(25)6-11/h3-8H,1-2H3. The Morgan fingerprint density at radius 2 is 1.13 bits per heavy atom. The number of alkyl halides is 2. The topological polar surface area (TPSA) is 9.23 Å². The van der Waals surface area contributed by atoms with Gasteiger partial charge in [-0.1, -0.05) is 0 Å². The molecule has 1 nitrogen and oxygen atoms in total. The smallest absolute Gasteiger partial charge is 0.428 e. The van der Waals surface area contributed by atoms with Crippen LogP contribution in [0.3, 0.4) is 0 Å². The minimum Gasteiger partial charge on any atom is -0.429 e. The van der Waals surface area contributed by atoms with Crippen molar-refractivity contribution in [1.82, 2.24) is 0 Å². The number of hydrogen-bond donors (Lipinski definition) is 0. The van der Waals surface area contributed by atoms with E-state index in [1.54, 1.807) is 24.3 Å². The SMILES string of the molecule is Cc1cc(I)c(C(F)(F)Oc2cc(I)c(-c3cc(I)c(C)c(I)c3)c(I)c2)c(I)c1. The van der Waals surface area contributed by atoms with E-state index in [0.29, 0.717) is 7.14 Å². The molecular formula is C21H12F2I6O. The van der Waals surface area contributed by atoms with E-state index in [1.165, 1.54) is 12.7 Å². The van der Waals surface area contributed by atoms with Crippen molar-refractivity contribution in [3.8, 4) is 16.9 Å². The Labute approximate surface area is 256 Å². The van der Waals surface area contributed by atoms with Crippen molar-refractivity contribution in [2.75, 3.05) is 0 Å². The van der Waals surface area contributed by atoms with E-state index in [-0.39, 0.29) is 11.3 Å². The molecule has 0 saturated carbocycles. The normalized spacial score (nSPS) is 11.7. The van der Waals surface area contributed by atoms with Crippen LogP contribution in [-0.2, 0) is 6.11 Å². The summed E-state index contributed by atoms with van der Waals surface area (Å²) in [6, 6.07) is 11.1. The first kappa shape index (κ1) is 26.3. The monoisotopic (exact) mass is 1080 g/mol. The van der Waals surface area contributed by atoms with Crippen LogP contribution in [-0.4, -0.2) is 0 Å². The summed E-state index contributed by atoms with van der Waals surface area (Å²) in [5.74, 6) is 0.154. The molecule has 0 aliphatic rings. The average molecular weight is 1080 g/mol. The fourth-order valence-corrected chi connectivity index (χ4v) is 9.66. The van der Waals surface area contributed by atoms with Crippen LogP contribution in [0.2, 0.25) is 0 Å². The van der Waals surface area contributed by atoms with E-state index in [9.17, 15) is 0 Å². The van der Waals surface area contributed by atoms with Crippen LogP contribution in [0.4, 0.5) is 8.78 Å². The van der Waals surface area contributed by atoms with Gasteiger partial charge in [0, 0.05) is 27.0 Å². The molecule has 0 heterocycles. The molecule has 0 amide bonds. The predicted molar refractivity (Wildman–Crippen MR) is 169 cm³/mol. The largest absolute Gasteiger partial charge is 0.429 e. The Morgan fingerprint density at radius 3 is 1.60 bits per heavy atom. The Morgan fingerprint density at radius 1 is 0.667 bits per heavy atom. The summed E-state index contributed by atoms with van der Waals surface area (Å²) in [5.41, 5.74) is 4.20. The molecule has 30 heavy (non-hydrogen) atoms. The van der Waals surface area contributed by atoms with Crippen molar-refractivity contribution in [3.05, 3.63) is 74.5 Å². The fraction of sp³-hybridized carbons (Fsp3) is 0.143. The highest BCUT2D eigenvalue weighted by Crippen LogP contribution is 2.41. The summed E-state index contributed by atoms with van der Waals surface area (Å²) < 4.78 is 40.5. The number of hydrogen-bond acceptors (Lipinski definition) is 1. The number of aryl methyl sites for hydroxylation is 1. The summed E-state index contributed by atoms with van der Waals surface area (Å²) in [6.45, 7) is 3.99. The zero-order valence-corrected chi connectivity index (χ0v) is 28.3. The third-order valence-corrected chi connectivity index (χ3v) is 9.95. The van der Waals surface area contributed by atoms with Gasteiger partial charge < -0.3 is 4.74 Å². The second kappa shape index (κ2) is 10.5. The molecule has 0 unspecified atom stereocenters. The first-order valence-electron chi connectivity index (χ1n) is 8.38. The van der Waals surface area contributed by atoms with Gasteiger partial charge in [-0.25, -0.2) is 0 Å². The van der Waals surface area contributed by atoms with Crippen molar-refractivity contribution in [2.45, 2.75) is 20.0 Å². The van der Waals surface area contributed by atoms with E-state index in [4.69, 9.17) is 4.74 Å². The second-order valence-corrected chi connectivity index (χ2v) is 13.5. The molecule has 0 N–H and O–H groups in total. The van der Waals surface area contributed by atoms with Gasteiger partial charge in [-0.15, -0.1) is 0 Å². The zero-order valence-electron chi connectivity index (χ0n) is 15.4. The van der Waals surface area contributed by atoms with E-state index in [2.05, 4.69) is 109 Å². The molecule has 0 fully saturated rings. The maximum Gasteiger partial charge on any atom is 0.428 e. The van der Waals surface area contributed by atoms with Crippen LogP contribution in [0.25, 0.3) is 11.1 Å². The van der Waals surface area contributed by atoms with Gasteiger partial charge in [-0.3, -0.25) is 0 Å². The molecule has 9 heteroatoms. The van der Waals surface area contributed by atoms with Crippen LogP contribution >= 0.6 is 136 Å². The molecule has 0 spiro atoms. The summed E-state index contributed by atoms with van der Waals surface area (Å²) in [7, 11) is 0. The van der Waals surface area contributed by atoms with Gasteiger partial charge in [0.15, 0.2) is 0 Å². The van der Waals surface area contributed by atoms with Crippen molar-refractivity contribution in [3.63, 3.8) is 0 Å². The molecule has 0 radical (unpaired) electrons. The van der Waals surface area contributed by atoms with E-state index in [0.717, 1.165) is 23.8 Å². The quantitative estimate of drug-likeness (QED) is 0.237. The Hall–Kier alpha value is 1.70. The van der Waals surface area contributed by atoms with Gasteiger partial charge in [0.1, 0.15) is 5.75 Å². The van der Waals surface area contributed by atoms with Crippen LogP contribution < -0.4 is 4.74 Å². The highest BCUT2D eigenvalue weighted by Gasteiger charge is 2.39. The second-order valence-electron chi connectivity index (χ2n) is 6.55. The lowest BCUT2D eigenvalue weighted by Crippen LogP contribution is -2.25. The molecule has 3 aromatic carbocycles. The Bertz CT molecular complexity index is 1080. The lowest BCUT2D eigenvalue weighted by molar-refractivity contribution is -0.186. The lowest BCUT2D eigenvalue weighted by Gasteiger charge is -2.22. The maximum absolute atomic E-state index is 15.1. The zero-order chi connectivity index (χ0) is 22.4. The summed E-state index contributed by atoms with van der Waals surface area (Å²) in [5, 5.41) is 0. The highest BCUT2D eigenvalue weighted by molar-refractivity contribution is 14.1. The van der Waals surface area contributed by atoms with E-state index in [1.807, 2.05) is 52.1 Å². The highest BCUT2D eigenvalue weighted by atomic mass is 127. The third kappa shape index (κ3) is 5.84. The number of benzene rings is 3. The molecular weight excluding hydrogens is 1070 g/mol. The van der Waals surface area contributed by atoms with Gasteiger partial charge in [-0.05, 0) is 202 Å². The summed E-state index contributed by atoms with van der Waals surface area (Å²) in [4.78, 5) is 0. The molecule has 0 aromatic heterocycles. The van der Waals surface area contributed by atoms with Crippen LogP contribution in [0.15, 0.2) is 36.4 Å².